The summed E-state index contributed by atoms with van der Waals surface area (Å²) >= 11 is 0. The second-order valence-corrected chi connectivity index (χ2v) is 3.36. The van der Waals surface area contributed by atoms with E-state index in [1.54, 1.807) is 25.3 Å². The van der Waals surface area contributed by atoms with Crippen molar-refractivity contribution in [3.63, 3.8) is 0 Å². The molecule has 0 aliphatic heterocycles. The third kappa shape index (κ3) is 2.17. The van der Waals surface area contributed by atoms with Gasteiger partial charge in [0.1, 0.15) is 6.33 Å². The average molecular weight is 247 g/mol. The number of rotatable bonds is 3. The van der Waals surface area contributed by atoms with Gasteiger partial charge in [-0.05, 0) is 19.1 Å². The molecule has 18 heavy (non-hydrogen) atoms. The zero-order valence-corrected chi connectivity index (χ0v) is 9.40. The van der Waals surface area contributed by atoms with E-state index in [1.165, 1.54) is 0 Å². The Kier molecular flexibility index (Phi) is 3.00. The largest absolute Gasteiger partial charge is 0.432 e. The van der Waals surface area contributed by atoms with Gasteiger partial charge in [0, 0.05) is 6.20 Å². The molecule has 0 saturated carbocycles. The Bertz CT molecular complexity index is 602. The summed E-state index contributed by atoms with van der Waals surface area (Å²) in [5.74, 6) is -0.0751. The zero-order chi connectivity index (χ0) is 13.1. The van der Waals surface area contributed by atoms with Crippen molar-refractivity contribution in [2.75, 3.05) is 5.73 Å². The molecule has 0 spiro atoms. The number of ether oxygens (including phenoxy) is 1. The summed E-state index contributed by atoms with van der Waals surface area (Å²) in [6.45, 7) is 1.71. The Hall–Kier alpha value is -2.77. The summed E-state index contributed by atoms with van der Waals surface area (Å²) in [4.78, 5) is 21.5. The van der Waals surface area contributed by atoms with Gasteiger partial charge >= 0.3 is 11.6 Å². The van der Waals surface area contributed by atoms with Gasteiger partial charge in [-0.2, -0.15) is 4.98 Å². The van der Waals surface area contributed by atoms with Gasteiger partial charge in [-0.1, -0.05) is 0 Å². The van der Waals surface area contributed by atoms with Crippen LogP contribution in [0.1, 0.15) is 5.69 Å². The fourth-order valence-electron chi connectivity index (χ4n) is 1.30. The number of hydrogen-bond donors (Lipinski definition) is 1. The minimum absolute atomic E-state index is 0.205. The molecule has 2 aromatic heterocycles. The highest BCUT2D eigenvalue weighted by atomic mass is 16.6. The SMILES string of the molecule is Cc1ncccc1Oc1ncnc(N)c1[N+](=O)[O-]. The fourth-order valence-corrected chi connectivity index (χ4v) is 1.30. The van der Waals surface area contributed by atoms with Crippen LogP contribution in [0.2, 0.25) is 0 Å². The number of nitro groups is 1. The smallest absolute Gasteiger partial charge is 0.372 e. The molecule has 0 amide bonds. The lowest BCUT2D eigenvalue weighted by atomic mass is 10.3. The molecule has 0 aliphatic rings. The van der Waals surface area contributed by atoms with E-state index >= 15 is 0 Å². The minimum Gasteiger partial charge on any atom is -0.432 e. The molecule has 0 bridgehead atoms. The summed E-state index contributed by atoms with van der Waals surface area (Å²) in [6.07, 6.45) is 2.69. The molecule has 0 aliphatic carbocycles. The van der Waals surface area contributed by atoms with Gasteiger partial charge < -0.3 is 10.5 Å². The van der Waals surface area contributed by atoms with Crippen molar-refractivity contribution in [1.29, 1.82) is 0 Å². The van der Waals surface area contributed by atoms with Gasteiger partial charge in [-0.15, -0.1) is 0 Å². The lowest BCUT2D eigenvalue weighted by Gasteiger charge is -2.07. The Balaban J connectivity index is 2.44. The van der Waals surface area contributed by atoms with Gasteiger partial charge in [0.25, 0.3) is 0 Å². The Morgan fingerprint density at radius 2 is 2.17 bits per heavy atom. The second-order valence-electron chi connectivity index (χ2n) is 3.36. The van der Waals surface area contributed by atoms with Crippen LogP contribution in [0.3, 0.4) is 0 Å². The molecule has 8 nitrogen and oxygen atoms in total. The number of pyridine rings is 1. The van der Waals surface area contributed by atoms with E-state index in [9.17, 15) is 10.1 Å². The van der Waals surface area contributed by atoms with Crippen LogP contribution in [0.25, 0.3) is 0 Å². The van der Waals surface area contributed by atoms with Crippen molar-refractivity contribution < 1.29 is 9.66 Å². The van der Waals surface area contributed by atoms with Crippen molar-refractivity contribution in [2.24, 2.45) is 0 Å². The van der Waals surface area contributed by atoms with E-state index in [1.807, 2.05) is 0 Å². The highest BCUT2D eigenvalue weighted by Gasteiger charge is 2.23. The fraction of sp³-hybridized carbons (Fsp3) is 0.100. The van der Waals surface area contributed by atoms with E-state index in [0.717, 1.165) is 6.33 Å². The quantitative estimate of drug-likeness (QED) is 0.644. The van der Waals surface area contributed by atoms with Crippen LogP contribution in [0.5, 0.6) is 11.6 Å². The van der Waals surface area contributed by atoms with Crippen LogP contribution < -0.4 is 10.5 Å². The number of aromatic nitrogens is 3. The van der Waals surface area contributed by atoms with Crippen molar-refractivity contribution in [2.45, 2.75) is 6.92 Å². The number of nitrogen functional groups attached to an aromatic ring is 1. The van der Waals surface area contributed by atoms with Crippen molar-refractivity contribution >= 4 is 11.5 Å². The predicted molar refractivity (Wildman–Crippen MR) is 62.1 cm³/mol. The van der Waals surface area contributed by atoms with Crippen LogP contribution in [0.15, 0.2) is 24.7 Å². The average Bonchev–Trinajstić information content (AvgIpc) is 2.31. The second kappa shape index (κ2) is 4.62. The van der Waals surface area contributed by atoms with Crippen molar-refractivity contribution in [3.8, 4) is 11.6 Å². The standard InChI is InChI=1S/C10H9N5O3/c1-6-7(3-2-4-12-6)18-10-8(15(16)17)9(11)13-5-14-10/h2-5H,1H3,(H2,11,13,14). The van der Waals surface area contributed by atoms with Crippen LogP contribution in [0.4, 0.5) is 11.5 Å². The predicted octanol–water partition coefficient (Wildman–Crippen LogP) is 1.46. The van der Waals surface area contributed by atoms with Crippen LogP contribution in [0, 0.1) is 17.0 Å². The molecular formula is C10H9N5O3. The molecule has 0 unspecified atom stereocenters. The van der Waals surface area contributed by atoms with Crippen LogP contribution in [-0.2, 0) is 0 Å². The molecule has 8 heteroatoms. The first-order valence-corrected chi connectivity index (χ1v) is 4.94. The van der Waals surface area contributed by atoms with E-state index in [-0.39, 0.29) is 11.7 Å². The number of nitrogens with zero attached hydrogens (tertiary/aromatic N) is 4. The summed E-state index contributed by atoms with van der Waals surface area (Å²) in [5, 5.41) is 10.9. The lowest BCUT2D eigenvalue weighted by molar-refractivity contribution is -0.385. The molecular weight excluding hydrogens is 238 g/mol. The third-order valence-electron chi connectivity index (χ3n) is 2.16. The maximum absolute atomic E-state index is 10.9. The topological polar surface area (TPSA) is 117 Å². The monoisotopic (exact) mass is 247 g/mol. The summed E-state index contributed by atoms with van der Waals surface area (Å²) in [5.41, 5.74) is 5.55. The molecule has 0 atom stereocenters. The first-order valence-electron chi connectivity index (χ1n) is 4.94. The molecule has 0 aromatic carbocycles. The van der Waals surface area contributed by atoms with Gasteiger partial charge in [-0.25, -0.2) is 4.98 Å². The third-order valence-corrected chi connectivity index (χ3v) is 2.16. The number of aryl methyl sites for hydroxylation is 1. The molecule has 2 aromatic rings. The Labute approximate surface area is 102 Å². The molecule has 2 N–H and O–H groups in total. The van der Waals surface area contributed by atoms with Crippen molar-refractivity contribution in [3.05, 3.63) is 40.5 Å². The van der Waals surface area contributed by atoms with E-state index < -0.39 is 10.6 Å². The molecule has 0 saturated heterocycles. The van der Waals surface area contributed by atoms with E-state index in [2.05, 4.69) is 15.0 Å². The first-order chi connectivity index (χ1) is 8.59. The highest BCUT2D eigenvalue weighted by molar-refractivity contribution is 5.58. The van der Waals surface area contributed by atoms with Crippen molar-refractivity contribution in [1.82, 2.24) is 15.0 Å². The minimum atomic E-state index is -0.684. The van der Waals surface area contributed by atoms with Crippen LogP contribution >= 0.6 is 0 Å². The molecule has 92 valence electrons. The number of hydrogen-bond acceptors (Lipinski definition) is 7. The first kappa shape index (κ1) is 11.7. The summed E-state index contributed by atoms with van der Waals surface area (Å²) in [7, 11) is 0. The Morgan fingerprint density at radius 3 is 2.83 bits per heavy atom. The molecule has 0 fully saturated rings. The zero-order valence-electron chi connectivity index (χ0n) is 9.40. The van der Waals surface area contributed by atoms with Gasteiger partial charge in [0.2, 0.25) is 5.82 Å². The Morgan fingerprint density at radius 1 is 1.39 bits per heavy atom. The van der Waals surface area contributed by atoms with Crippen LogP contribution in [-0.4, -0.2) is 19.9 Å². The molecule has 2 rings (SSSR count). The highest BCUT2D eigenvalue weighted by Crippen LogP contribution is 2.32. The number of nitrogens with two attached hydrogens (primary N) is 1. The maximum Gasteiger partial charge on any atom is 0.372 e. The van der Waals surface area contributed by atoms with E-state index in [4.69, 9.17) is 10.5 Å². The van der Waals surface area contributed by atoms with E-state index in [0.29, 0.717) is 11.4 Å². The summed E-state index contributed by atoms with van der Waals surface area (Å²) < 4.78 is 5.35. The molecule has 0 radical (unpaired) electrons. The van der Waals surface area contributed by atoms with Gasteiger partial charge in [-0.3, -0.25) is 15.1 Å². The summed E-state index contributed by atoms with van der Waals surface area (Å²) in [6, 6.07) is 3.28. The number of anilines is 1. The van der Waals surface area contributed by atoms with Gasteiger partial charge in [0.15, 0.2) is 5.75 Å². The lowest BCUT2D eigenvalue weighted by Crippen LogP contribution is -2.03. The molecule has 2 heterocycles. The van der Waals surface area contributed by atoms with Gasteiger partial charge in [0.05, 0.1) is 10.6 Å². The normalized spacial score (nSPS) is 10.1. The maximum atomic E-state index is 10.9.